The maximum atomic E-state index is 12.1. The Morgan fingerprint density at radius 3 is 3.06 bits per heavy atom. The molecule has 2 heterocycles. The fourth-order valence-electron chi connectivity index (χ4n) is 1.96. The van der Waals surface area contributed by atoms with Crippen molar-refractivity contribution in [2.45, 2.75) is 19.4 Å². The minimum Gasteiger partial charge on any atom is -0.380 e. The summed E-state index contributed by atoms with van der Waals surface area (Å²) in [6.07, 6.45) is 2.74. The number of rotatable bonds is 2. The van der Waals surface area contributed by atoms with Gasteiger partial charge in [-0.15, -0.1) is 0 Å². The van der Waals surface area contributed by atoms with Crippen molar-refractivity contribution in [1.82, 2.24) is 9.88 Å². The SMILES string of the molecule is CO[C@H]1CCN(C(=O)c2ncccc2C)C1. The summed E-state index contributed by atoms with van der Waals surface area (Å²) in [5.74, 6) is 0.0117. The third-order valence-corrected chi connectivity index (χ3v) is 2.98. The molecule has 4 nitrogen and oxygen atoms in total. The summed E-state index contributed by atoms with van der Waals surface area (Å²) in [5, 5.41) is 0. The minimum absolute atomic E-state index is 0.0117. The van der Waals surface area contributed by atoms with Crippen molar-refractivity contribution in [3.05, 3.63) is 29.6 Å². The van der Waals surface area contributed by atoms with Gasteiger partial charge in [0.25, 0.3) is 5.91 Å². The van der Waals surface area contributed by atoms with E-state index in [1.165, 1.54) is 0 Å². The molecule has 2 rings (SSSR count). The quantitative estimate of drug-likeness (QED) is 0.753. The second-order valence-corrected chi connectivity index (χ2v) is 4.07. The predicted molar refractivity (Wildman–Crippen MR) is 60.3 cm³/mol. The number of hydrogen-bond acceptors (Lipinski definition) is 3. The second-order valence-electron chi connectivity index (χ2n) is 4.07. The second kappa shape index (κ2) is 4.61. The zero-order valence-corrected chi connectivity index (χ0v) is 9.64. The van der Waals surface area contributed by atoms with Gasteiger partial charge in [-0.1, -0.05) is 6.07 Å². The van der Waals surface area contributed by atoms with Crippen LogP contribution in [0.5, 0.6) is 0 Å². The fraction of sp³-hybridized carbons (Fsp3) is 0.500. The van der Waals surface area contributed by atoms with Gasteiger partial charge in [0.2, 0.25) is 0 Å². The molecule has 1 fully saturated rings. The van der Waals surface area contributed by atoms with Crippen molar-refractivity contribution >= 4 is 5.91 Å². The summed E-state index contributed by atoms with van der Waals surface area (Å²) in [5.41, 5.74) is 1.48. The Kier molecular flexibility index (Phi) is 3.19. The molecular weight excluding hydrogens is 204 g/mol. The van der Waals surface area contributed by atoms with Gasteiger partial charge in [0.15, 0.2) is 0 Å². The Labute approximate surface area is 95.2 Å². The van der Waals surface area contributed by atoms with E-state index in [4.69, 9.17) is 4.74 Å². The van der Waals surface area contributed by atoms with Crippen molar-refractivity contribution in [2.75, 3.05) is 20.2 Å². The summed E-state index contributed by atoms with van der Waals surface area (Å²) in [7, 11) is 1.69. The molecule has 0 aromatic carbocycles. The van der Waals surface area contributed by atoms with Crippen LogP contribution in [0.25, 0.3) is 0 Å². The molecule has 0 unspecified atom stereocenters. The van der Waals surface area contributed by atoms with Crippen LogP contribution in [0.3, 0.4) is 0 Å². The summed E-state index contributed by atoms with van der Waals surface area (Å²) in [6, 6.07) is 3.75. The van der Waals surface area contributed by atoms with Gasteiger partial charge in [0, 0.05) is 26.4 Å². The lowest BCUT2D eigenvalue weighted by Crippen LogP contribution is -2.31. The third kappa shape index (κ3) is 2.07. The normalized spacial score (nSPS) is 20.1. The standard InChI is InChI=1S/C12H16N2O2/c1-9-4-3-6-13-11(9)12(15)14-7-5-10(8-14)16-2/h3-4,6,10H,5,7-8H2,1-2H3/t10-/m0/s1. The van der Waals surface area contributed by atoms with Crippen LogP contribution < -0.4 is 0 Å². The Morgan fingerprint density at radius 2 is 2.44 bits per heavy atom. The van der Waals surface area contributed by atoms with E-state index in [0.717, 1.165) is 18.5 Å². The molecule has 0 saturated carbocycles. The summed E-state index contributed by atoms with van der Waals surface area (Å²) in [4.78, 5) is 18.1. The monoisotopic (exact) mass is 220 g/mol. The smallest absolute Gasteiger partial charge is 0.272 e. The molecule has 1 amide bonds. The van der Waals surface area contributed by atoms with E-state index < -0.39 is 0 Å². The van der Waals surface area contributed by atoms with E-state index in [1.807, 2.05) is 24.0 Å². The fourth-order valence-corrected chi connectivity index (χ4v) is 1.96. The average molecular weight is 220 g/mol. The molecule has 1 aromatic rings. The number of aryl methyl sites for hydroxylation is 1. The van der Waals surface area contributed by atoms with Crippen LogP contribution in [0.2, 0.25) is 0 Å². The molecule has 0 bridgehead atoms. The number of ether oxygens (including phenoxy) is 1. The average Bonchev–Trinajstić information content (AvgIpc) is 2.77. The summed E-state index contributed by atoms with van der Waals surface area (Å²) in [6.45, 7) is 3.34. The van der Waals surface area contributed by atoms with Crippen LogP contribution in [-0.2, 0) is 4.74 Å². The molecule has 1 aliphatic heterocycles. The molecule has 0 N–H and O–H groups in total. The van der Waals surface area contributed by atoms with Crippen LogP contribution >= 0.6 is 0 Å². The van der Waals surface area contributed by atoms with E-state index in [9.17, 15) is 4.79 Å². The lowest BCUT2D eigenvalue weighted by atomic mass is 10.2. The third-order valence-electron chi connectivity index (χ3n) is 2.98. The highest BCUT2D eigenvalue weighted by Gasteiger charge is 2.27. The molecule has 16 heavy (non-hydrogen) atoms. The van der Waals surface area contributed by atoms with Gasteiger partial charge in [-0.05, 0) is 25.0 Å². The van der Waals surface area contributed by atoms with Crippen molar-refractivity contribution in [3.8, 4) is 0 Å². The van der Waals surface area contributed by atoms with Crippen LogP contribution in [0.4, 0.5) is 0 Å². The number of methoxy groups -OCH3 is 1. The molecule has 1 atom stereocenters. The molecule has 4 heteroatoms. The molecule has 86 valence electrons. The van der Waals surface area contributed by atoms with Crippen LogP contribution in [0, 0.1) is 6.92 Å². The first-order valence-corrected chi connectivity index (χ1v) is 5.46. The maximum absolute atomic E-state index is 12.1. The highest BCUT2D eigenvalue weighted by Crippen LogP contribution is 2.15. The lowest BCUT2D eigenvalue weighted by molar-refractivity contribution is 0.0718. The molecule has 1 aliphatic rings. The van der Waals surface area contributed by atoms with Gasteiger partial charge in [0.1, 0.15) is 5.69 Å². The van der Waals surface area contributed by atoms with Crippen LogP contribution in [0.1, 0.15) is 22.5 Å². The zero-order valence-electron chi connectivity index (χ0n) is 9.64. The van der Waals surface area contributed by atoms with Gasteiger partial charge in [-0.3, -0.25) is 9.78 Å². The summed E-state index contributed by atoms with van der Waals surface area (Å²) >= 11 is 0. The Morgan fingerprint density at radius 1 is 1.62 bits per heavy atom. The van der Waals surface area contributed by atoms with Gasteiger partial charge in [-0.25, -0.2) is 0 Å². The summed E-state index contributed by atoms with van der Waals surface area (Å²) < 4.78 is 5.24. The van der Waals surface area contributed by atoms with E-state index in [0.29, 0.717) is 12.2 Å². The number of aromatic nitrogens is 1. The molecule has 1 saturated heterocycles. The lowest BCUT2D eigenvalue weighted by Gasteiger charge is -2.16. The first-order valence-electron chi connectivity index (χ1n) is 5.46. The van der Waals surface area contributed by atoms with Crippen LogP contribution in [0.15, 0.2) is 18.3 Å². The van der Waals surface area contributed by atoms with E-state index in [2.05, 4.69) is 4.98 Å². The Hall–Kier alpha value is -1.42. The van der Waals surface area contributed by atoms with Crippen molar-refractivity contribution in [3.63, 3.8) is 0 Å². The van der Waals surface area contributed by atoms with E-state index in [-0.39, 0.29) is 12.0 Å². The number of amides is 1. The van der Waals surface area contributed by atoms with Gasteiger partial charge < -0.3 is 9.64 Å². The van der Waals surface area contributed by atoms with Gasteiger partial charge >= 0.3 is 0 Å². The van der Waals surface area contributed by atoms with E-state index >= 15 is 0 Å². The van der Waals surface area contributed by atoms with Gasteiger partial charge in [0.05, 0.1) is 6.10 Å². The highest BCUT2D eigenvalue weighted by molar-refractivity contribution is 5.93. The number of nitrogens with zero attached hydrogens (tertiary/aromatic N) is 2. The van der Waals surface area contributed by atoms with Crippen LogP contribution in [-0.4, -0.2) is 42.1 Å². The van der Waals surface area contributed by atoms with Gasteiger partial charge in [-0.2, -0.15) is 0 Å². The van der Waals surface area contributed by atoms with Crippen molar-refractivity contribution in [2.24, 2.45) is 0 Å². The Bertz CT molecular complexity index is 392. The van der Waals surface area contributed by atoms with Crippen molar-refractivity contribution < 1.29 is 9.53 Å². The first kappa shape index (κ1) is 11.1. The molecule has 0 spiro atoms. The number of carbonyl (C=O) groups excluding carboxylic acids is 1. The zero-order chi connectivity index (χ0) is 11.5. The minimum atomic E-state index is 0.0117. The molecular formula is C12H16N2O2. The number of carbonyl (C=O) groups is 1. The van der Waals surface area contributed by atoms with E-state index in [1.54, 1.807) is 13.3 Å². The largest absolute Gasteiger partial charge is 0.380 e. The topological polar surface area (TPSA) is 42.4 Å². The first-order chi connectivity index (χ1) is 7.72. The molecule has 0 radical (unpaired) electrons. The number of likely N-dealkylation sites (tertiary alicyclic amines) is 1. The maximum Gasteiger partial charge on any atom is 0.272 e. The van der Waals surface area contributed by atoms with Crippen molar-refractivity contribution in [1.29, 1.82) is 0 Å². The number of pyridine rings is 1. The Balaban J connectivity index is 2.12. The molecule has 1 aromatic heterocycles. The number of hydrogen-bond donors (Lipinski definition) is 0. The molecule has 0 aliphatic carbocycles. The predicted octanol–water partition coefficient (Wildman–Crippen LogP) is 1.25. The highest BCUT2D eigenvalue weighted by atomic mass is 16.5.